The Morgan fingerprint density at radius 3 is 2.50 bits per heavy atom. The highest BCUT2D eigenvalue weighted by molar-refractivity contribution is 5.38. The van der Waals surface area contributed by atoms with Gasteiger partial charge in [0.1, 0.15) is 0 Å². The first-order valence-corrected chi connectivity index (χ1v) is 6.20. The molecule has 1 fully saturated rings. The van der Waals surface area contributed by atoms with Gasteiger partial charge in [-0.1, -0.05) is 32.0 Å². The van der Waals surface area contributed by atoms with E-state index in [1.165, 1.54) is 12.1 Å². The Morgan fingerprint density at radius 1 is 1.39 bits per heavy atom. The summed E-state index contributed by atoms with van der Waals surface area (Å²) in [5, 5.41) is 0. The Hall–Kier alpha value is -1.03. The first-order valence-electron chi connectivity index (χ1n) is 6.20. The molecule has 1 aliphatic carbocycles. The molecule has 100 valence electrons. The van der Waals surface area contributed by atoms with Crippen LogP contribution in [0.4, 0.5) is 13.2 Å². The van der Waals surface area contributed by atoms with Gasteiger partial charge in [0.05, 0.1) is 5.56 Å². The average molecular weight is 257 g/mol. The van der Waals surface area contributed by atoms with Crippen LogP contribution in [0, 0.1) is 11.8 Å². The van der Waals surface area contributed by atoms with Gasteiger partial charge in [-0.15, -0.1) is 0 Å². The van der Waals surface area contributed by atoms with Crippen LogP contribution in [0.2, 0.25) is 0 Å². The smallest absolute Gasteiger partial charge is 0.330 e. The largest absolute Gasteiger partial charge is 0.416 e. The maximum atomic E-state index is 12.7. The van der Waals surface area contributed by atoms with Gasteiger partial charge in [0, 0.05) is 5.41 Å². The topological polar surface area (TPSA) is 26.0 Å². The van der Waals surface area contributed by atoms with Crippen molar-refractivity contribution in [2.75, 3.05) is 6.54 Å². The molecule has 0 spiro atoms. The van der Waals surface area contributed by atoms with E-state index in [-0.39, 0.29) is 5.41 Å². The molecule has 0 aliphatic heterocycles. The number of nitrogens with two attached hydrogens (primary N) is 1. The molecule has 4 heteroatoms. The molecule has 0 bridgehead atoms. The zero-order chi connectivity index (χ0) is 13.6. The third-order valence-corrected chi connectivity index (χ3v) is 4.19. The van der Waals surface area contributed by atoms with Gasteiger partial charge in [0.2, 0.25) is 0 Å². The number of halogens is 3. The molecule has 0 aromatic heterocycles. The SMILES string of the molecule is CC(C)C1(c2cccc(C(F)(F)F)c2)C[C@H]1CN. The van der Waals surface area contributed by atoms with Gasteiger partial charge < -0.3 is 5.73 Å². The van der Waals surface area contributed by atoms with E-state index >= 15 is 0 Å². The van der Waals surface area contributed by atoms with E-state index < -0.39 is 11.7 Å². The zero-order valence-corrected chi connectivity index (χ0v) is 10.6. The van der Waals surface area contributed by atoms with Gasteiger partial charge >= 0.3 is 6.18 Å². The molecular formula is C14H18F3N. The maximum Gasteiger partial charge on any atom is 0.416 e. The van der Waals surface area contributed by atoms with Crippen LogP contribution in [-0.2, 0) is 11.6 Å². The van der Waals surface area contributed by atoms with Gasteiger partial charge in [0.15, 0.2) is 0 Å². The van der Waals surface area contributed by atoms with Crippen LogP contribution >= 0.6 is 0 Å². The van der Waals surface area contributed by atoms with Gasteiger partial charge in [-0.25, -0.2) is 0 Å². The van der Waals surface area contributed by atoms with Crippen LogP contribution in [0.3, 0.4) is 0 Å². The van der Waals surface area contributed by atoms with Crippen molar-refractivity contribution in [1.82, 2.24) is 0 Å². The summed E-state index contributed by atoms with van der Waals surface area (Å²) < 4.78 is 38.2. The fourth-order valence-electron chi connectivity index (χ4n) is 3.02. The lowest BCUT2D eigenvalue weighted by Gasteiger charge is -2.23. The van der Waals surface area contributed by atoms with E-state index in [1.807, 2.05) is 0 Å². The minimum atomic E-state index is -4.28. The number of rotatable bonds is 3. The van der Waals surface area contributed by atoms with Crippen LogP contribution < -0.4 is 5.73 Å². The molecule has 0 amide bonds. The number of hydrogen-bond donors (Lipinski definition) is 1. The molecule has 18 heavy (non-hydrogen) atoms. The van der Waals surface area contributed by atoms with Gasteiger partial charge in [0.25, 0.3) is 0 Å². The average Bonchev–Trinajstić information content (AvgIpc) is 3.04. The van der Waals surface area contributed by atoms with Crippen molar-refractivity contribution in [3.05, 3.63) is 35.4 Å². The Balaban J connectivity index is 2.40. The standard InChI is InChI=1S/C14H18F3N/c1-9(2)13(7-12(13)8-18)10-4-3-5-11(6-10)14(15,16)17/h3-6,9,12H,7-8,18H2,1-2H3/t12-,13?/m0/s1. The highest BCUT2D eigenvalue weighted by Gasteiger charge is 2.56. The summed E-state index contributed by atoms with van der Waals surface area (Å²) in [5.41, 5.74) is 5.74. The van der Waals surface area contributed by atoms with Crippen LogP contribution in [0.1, 0.15) is 31.4 Å². The second kappa shape index (κ2) is 4.26. The predicted molar refractivity (Wildman–Crippen MR) is 65.1 cm³/mol. The zero-order valence-electron chi connectivity index (χ0n) is 10.6. The highest BCUT2D eigenvalue weighted by Crippen LogP contribution is 2.58. The lowest BCUT2D eigenvalue weighted by Crippen LogP contribution is -2.22. The van der Waals surface area contributed by atoms with Crippen molar-refractivity contribution in [3.8, 4) is 0 Å². The van der Waals surface area contributed by atoms with E-state index in [9.17, 15) is 13.2 Å². The number of alkyl halides is 3. The Bertz CT molecular complexity index is 439. The minimum Gasteiger partial charge on any atom is -0.330 e. The molecule has 2 atom stereocenters. The molecule has 1 aliphatic rings. The molecule has 1 aromatic carbocycles. The van der Waals surface area contributed by atoms with E-state index in [0.717, 1.165) is 18.1 Å². The summed E-state index contributed by atoms with van der Waals surface area (Å²) in [4.78, 5) is 0. The summed E-state index contributed by atoms with van der Waals surface area (Å²) >= 11 is 0. The van der Waals surface area contributed by atoms with Crippen LogP contribution in [0.25, 0.3) is 0 Å². The molecule has 1 nitrogen and oxygen atoms in total. The molecule has 1 saturated carbocycles. The van der Waals surface area contributed by atoms with Crippen LogP contribution in [0.15, 0.2) is 24.3 Å². The second-order valence-electron chi connectivity index (χ2n) is 5.41. The van der Waals surface area contributed by atoms with E-state index in [4.69, 9.17) is 5.73 Å². The van der Waals surface area contributed by atoms with Gasteiger partial charge in [-0.05, 0) is 36.4 Å². The molecule has 1 aromatic rings. The lowest BCUT2D eigenvalue weighted by atomic mass is 9.82. The summed E-state index contributed by atoms with van der Waals surface area (Å²) in [7, 11) is 0. The molecule has 1 unspecified atom stereocenters. The Morgan fingerprint density at radius 2 is 2.06 bits per heavy atom. The molecule has 2 N–H and O–H groups in total. The number of benzene rings is 1. The highest BCUT2D eigenvalue weighted by atomic mass is 19.4. The Kier molecular flexibility index (Phi) is 3.18. The Labute approximate surface area is 105 Å². The summed E-state index contributed by atoms with van der Waals surface area (Å²) in [6, 6.07) is 5.70. The molecule has 0 saturated heterocycles. The van der Waals surface area contributed by atoms with Crippen molar-refractivity contribution >= 4 is 0 Å². The maximum absolute atomic E-state index is 12.7. The van der Waals surface area contributed by atoms with Crippen molar-refractivity contribution in [2.24, 2.45) is 17.6 Å². The van der Waals surface area contributed by atoms with Gasteiger partial charge in [-0.3, -0.25) is 0 Å². The number of hydrogen-bond acceptors (Lipinski definition) is 1. The molecular weight excluding hydrogens is 239 g/mol. The molecule has 2 rings (SSSR count). The summed E-state index contributed by atoms with van der Waals surface area (Å²) in [5.74, 6) is 0.607. The van der Waals surface area contributed by atoms with Crippen molar-refractivity contribution in [2.45, 2.75) is 31.9 Å². The summed E-state index contributed by atoms with van der Waals surface area (Å²) in [6.07, 6.45) is -3.39. The van der Waals surface area contributed by atoms with Crippen LogP contribution in [-0.4, -0.2) is 6.54 Å². The monoisotopic (exact) mass is 257 g/mol. The van der Waals surface area contributed by atoms with Crippen molar-refractivity contribution < 1.29 is 13.2 Å². The third-order valence-electron chi connectivity index (χ3n) is 4.19. The second-order valence-corrected chi connectivity index (χ2v) is 5.41. The summed E-state index contributed by atoms with van der Waals surface area (Å²) in [6.45, 7) is 4.64. The third kappa shape index (κ3) is 2.03. The van der Waals surface area contributed by atoms with Crippen molar-refractivity contribution in [1.29, 1.82) is 0 Å². The van der Waals surface area contributed by atoms with Gasteiger partial charge in [-0.2, -0.15) is 13.2 Å². The minimum absolute atomic E-state index is 0.157. The van der Waals surface area contributed by atoms with Crippen molar-refractivity contribution in [3.63, 3.8) is 0 Å². The normalized spacial score (nSPS) is 27.6. The van der Waals surface area contributed by atoms with E-state index in [1.54, 1.807) is 6.07 Å². The fraction of sp³-hybridized carbons (Fsp3) is 0.571. The van der Waals surface area contributed by atoms with Crippen LogP contribution in [0.5, 0.6) is 0 Å². The molecule has 0 radical (unpaired) electrons. The first kappa shape index (κ1) is 13.4. The quantitative estimate of drug-likeness (QED) is 0.880. The van der Waals surface area contributed by atoms with E-state index in [0.29, 0.717) is 18.4 Å². The van der Waals surface area contributed by atoms with E-state index in [2.05, 4.69) is 13.8 Å². The fourth-order valence-corrected chi connectivity index (χ4v) is 3.02. The molecule has 0 heterocycles. The lowest BCUT2D eigenvalue weighted by molar-refractivity contribution is -0.137. The predicted octanol–water partition coefficient (Wildman–Crippen LogP) is 3.58. The first-order chi connectivity index (χ1) is 8.32.